The molecular weight excluding hydrogens is 1190 g/mol. The van der Waals surface area contributed by atoms with Crippen molar-refractivity contribution in [3.63, 3.8) is 0 Å². The van der Waals surface area contributed by atoms with Gasteiger partial charge in [0.05, 0.1) is 79.3 Å². The predicted molar refractivity (Wildman–Crippen MR) is 307 cm³/mol. The number of rotatable bonds is 20. The van der Waals surface area contributed by atoms with Crippen LogP contribution in [-0.2, 0) is 43.2 Å². The molecule has 1 aliphatic carbocycles. The molecule has 20 heteroatoms. The van der Waals surface area contributed by atoms with Gasteiger partial charge in [0.25, 0.3) is 0 Å². The molecule has 0 saturated carbocycles. The van der Waals surface area contributed by atoms with Gasteiger partial charge in [0.15, 0.2) is 0 Å². The van der Waals surface area contributed by atoms with Crippen molar-refractivity contribution in [1.29, 1.82) is 0 Å². The van der Waals surface area contributed by atoms with Crippen molar-refractivity contribution in [2.24, 2.45) is 0 Å². The van der Waals surface area contributed by atoms with Crippen LogP contribution in [0.5, 0.6) is 0 Å². The molecule has 0 fully saturated rings. The zero-order valence-electron chi connectivity index (χ0n) is 44.3. The number of halogens is 4. The summed E-state index contributed by atoms with van der Waals surface area (Å²) in [5.41, 5.74) is 2.94. The first kappa shape index (κ1) is 63.4. The first-order valence-corrected chi connectivity index (χ1v) is 28.2. The van der Waals surface area contributed by atoms with Crippen LogP contribution < -0.4 is 60.4 Å². The van der Waals surface area contributed by atoms with Crippen LogP contribution in [0.25, 0.3) is 87.0 Å². The summed E-state index contributed by atoms with van der Waals surface area (Å²) in [7, 11) is -9.42. The number of fused-ring (bicyclic) bond motifs is 14. The van der Waals surface area contributed by atoms with E-state index in [4.69, 9.17) is 49.5 Å². The molecule has 0 N–H and O–H groups in total. The Labute approximate surface area is 518 Å². The van der Waals surface area contributed by atoms with Gasteiger partial charge in [-0.2, -0.15) is 0 Å². The van der Waals surface area contributed by atoms with Crippen LogP contribution in [0.1, 0.15) is 25.7 Å². The number of ether oxygens (including phenoxy) is 5. The Morgan fingerprint density at radius 1 is 0.325 bits per heavy atom. The van der Waals surface area contributed by atoms with E-state index in [1.807, 2.05) is 72.8 Å². The minimum Gasteiger partial charge on any atom is -0.418 e. The molecule has 417 valence electrons. The van der Waals surface area contributed by atoms with E-state index < -0.39 is 23.7 Å². The second-order valence-electron chi connectivity index (χ2n) is 17.8. The van der Waals surface area contributed by atoms with Crippen LogP contribution >= 0.6 is 16.5 Å². The molecule has 80 heavy (non-hydrogen) atoms. The fourth-order valence-corrected chi connectivity index (χ4v) is 11.0. The molecular formula is C60H60BF4KO11P2Rh. The monoisotopic (exact) mass is 1250 g/mol. The smallest absolute Gasteiger partial charge is 0.418 e. The Morgan fingerprint density at radius 3 is 0.775 bits per heavy atom. The van der Waals surface area contributed by atoms with E-state index in [1.165, 1.54) is 25.7 Å². The van der Waals surface area contributed by atoms with Crippen molar-refractivity contribution in [3.8, 4) is 0 Å². The van der Waals surface area contributed by atoms with Gasteiger partial charge in [0.1, 0.15) is 22.3 Å². The van der Waals surface area contributed by atoms with Crippen molar-refractivity contribution >= 4 is 111 Å². The van der Waals surface area contributed by atoms with E-state index in [0.29, 0.717) is 79.3 Å². The fraction of sp³-hybridized carbons (Fsp3) is 0.267. The SMILES string of the molecule is C1=C\CC/C=C\CC/1.F[B-](F)(F)F.[K+].[Rh].c1ccc2c(c1)ccc1op(OCCOCCOCCOCCOCCOCCOp3oc4ccc5ccccc5c4c4c(ccc5ccccc54)o3)oc3ccc4ccccc4c3c12. The Balaban J connectivity index is 0.000000548. The van der Waals surface area contributed by atoms with Crippen molar-refractivity contribution in [2.75, 3.05) is 79.3 Å². The number of benzene rings is 8. The van der Waals surface area contributed by atoms with E-state index in [0.717, 1.165) is 87.0 Å². The molecule has 0 bridgehead atoms. The third kappa shape index (κ3) is 18.4. The summed E-state index contributed by atoms with van der Waals surface area (Å²) in [5, 5.41) is 13.0. The molecule has 1 radical (unpaired) electrons. The second-order valence-corrected chi connectivity index (χ2v) is 19.9. The van der Waals surface area contributed by atoms with E-state index in [1.54, 1.807) is 0 Å². The maximum absolute atomic E-state index is 9.75. The minimum atomic E-state index is -6.00. The van der Waals surface area contributed by atoms with Crippen LogP contribution in [0.4, 0.5) is 17.3 Å². The quantitative estimate of drug-likeness (QED) is 0.0314. The van der Waals surface area contributed by atoms with Crippen LogP contribution in [-0.4, -0.2) is 86.5 Å². The average Bonchev–Trinajstić information content (AvgIpc) is 3.94. The normalized spacial score (nSPS) is 13.2. The Hall–Kier alpha value is -4.16. The molecule has 0 aliphatic heterocycles. The van der Waals surface area contributed by atoms with Gasteiger partial charge in [-0.05, 0) is 93.0 Å². The number of hydrogen-bond acceptors (Lipinski definition) is 11. The summed E-state index contributed by atoms with van der Waals surface area (Å²) in [6.07, 6.45) is 14.0. The third-order valence-corrected chi connectivity index (χ3v) is 14.6. The maximum Gasteiger partial charge on any atom is 1.00 e. The summed E-state index contributed by atoms with van der Waals surface area (Å²) in [4.78, 5) is 0. The molecule has 11 nitrogen and oxygen atoms in total. The van der Waals surface area contributed by atoms with Gasteiger partial charge < -0.3 is 57.7 Å². The van der Waals surface area contributed by atoms with Crippen LogP contribution in [0.2, 0.25) is 0 Å². The molecule has 1 aliphatic rings. The minimum absolute atomic E-state index is 0. The second kappa shape index (κ2) is 33.2. The van der Waals surface area contributed by atoms with Gasteiger partial charge in [0.2, 0.25) is 0 Å². The largest absolute Gasteiger partial charge is 1.00 e. The van der Waals surface area contributed by atoms with Crippen LogP contribution in [0.3, 0.4) is 0 Å². The van der Waals surface area contributed by atoms with Crippen molar-refractivity contribution in [2.45, 2.75) is 25.7 Å². The Bertz CT molecular complexity index is 3270. The molecule has 11 rings (SSSR count). The standard InChI is InChI=1S/C52H48O11P2.C8H12.BF4.K.Rh/c1-5-13-41-37(9-1)17-21-45-49(41)50-42-14-6-2-10-38(42)18-22-46(50)61-64(60-45)58-35-33-56-31-29-54-27-25-53-26-28-55-30-32-57-34-36-59-65-62-47-23-19-39-11-3-7-15-43(39)51(47)52-44-16-8-4-12-40(44)20-24-48(52)63-65;1-2-4-6-8-7-5-3-1;2-1(3,4)5;;/h1-24H,25-36H2;1-2,7-8H,3-6H2;;;/q;;-1;+1;/b;2-1-,8-7-;;;. The fourth-order valence-electron chi connectivity index (χ4n) is 8.99. The molecule has 2 aromatic heterocycles. The first-order valence-electron chi connectivity index (χ1n) is 26.0. The molecule has 0 spiro atoms. The van der Waals surface area contributed by atoms with Gasteiger partial charge in [-0.3, -0.25) is 9.05 Å². The van der Waals surface area contributed by atoms with E-state index in [2.05, 4.69) is 97.1 Å². The summed E-state index contributed by atoms with van der Waals surface area (Å²) in [6, 6.07) is 49.6. The van der Waals surface area contributed by atoms with Gasteiger partial charge in [-0.15, -0.1) is 0 Å². The first-order chi connectivity index (χ1) is 38.3. The molecule has 2 heterocycles. The zero-order valence-corrected chi connectivity index (χ0v) is 50.8. The molecule has 0 unspecified atom stereocenters. The summed E-state index contributed by atoms with van der Waals surface area (Å²) in [5.74, 6) is 0. The summed E-state index contributed by atoms with van der Waals surface area (Å²) < 4.78 is 105. The van der Waals surface area contributed by atoms with Crippen molar-refractivity contribution in [3.05, 3.63) is 170 Å². The van der Waals surface area contributed by atoms with Gasteiger partial charge in [-0.1, -0.05) is 146 Å². The Morgan fingerprint density at radius 2 is 0.537 bits per heavy atom. The molecule has 0 atom stereocenters. The van der Waals surface area contributed by atoms with E-state index in [-0.39, 0.29) is 70.9 Å². The summed E-state index contributed by atoms with van der Waals surface area (Å²) in [6.45, 7) is 4.95. The molecule has 10 aromatic rings. The van der Waals surface area contributed by atoms with Gasteiger partial charge in [0, 0.05) is 41.0 Å². The van der Waals surface area contributed by atoms with Gasteiger partial charge >= 0.3 is 75.1 Å². The third-order valence-electron chi connectivity index (χ3n) is 12.4. The Kier molecular flexibility index (Phi) is 26.3. The molecule has 0 saturated heterocycles. The number of allylic oxidation sites excluding steroid dienone is 4. The predicted octanol–water partition coefficient (Wildman–Crippen LogP) is 14.1. The van der Waals surface area contributed by atoms with Crippen LogP contribution in [0.15, 0.2) is 187 Å². The molecule has 8 aromatic carbocycles. The van der Waals surface area contributed by atoms with Crippen molar-refractivity contribution < 1.29 is 138 Å². The van der Waals surface area contributed by atoms with E-state index >= 15 is 0 Å². The zero-order chi connectivity index (χ0) is 53.8. The van der Waals surface area contributed by atoms with Gasteiger partial charge in [-0.25, -0.2) is 0 Å². The topological polar surface area (TPSA) is 117 Å². The summed E-state index contributed by atoms with van der Waals surface area (Å²) >= 11 is 0. The maximum atomic E-state index is 9.75. The number of hydrogen-bond donors (Lipinski definition) is 0. The molecule has 0 amide bonds. The van der Waals surface area contributed by atoms with E-state index in [9.17, 15) is 17.3 Å². The van der Waals surface area contributed by atoms with Crippen molar-refractivity contribution in [1.82, 2.24) is 0 Å². The average molecular weight is 1250 g/mol. The van der Waals surface area contributed by atoms with Crippen LogP contribution in [0, 0.1) is 0 Å².